The number of anilines is 1. The molecule has 0 radical (unpaired) electrons. The van der Waals surface area contributed by atoms with Crippen LogP contribution in [-0.2, 0) is 17.6 Å². The second-order valence-electron chi connectivity index (χ2n) is 7.67. The molecule has 150 valence electrons. The van der Waals surface area contributed by atoms with Gasteiger partial charge in [-0.05, 0) is 56.7 Å². The van der Waals surface area contributed by atoms with Crippen LogP contribution in [0, 0.1) is 5.92 Å². The molecule has 4 rings (SSSR count). The van der Waals surface area contributed by atoms with Gasteiger partial charge in [0, 0.05) is 16.1 Å². The number of aromatic nitrogens is 3. The summed E-state index contributed by atoms with van der Waals surface area (Å²) in [5.41, 5.74) is 1.80. The Morgan fingerprint density at radius 1 is 1.34 bits per heavy atom. The number of carbonyl (C=O) groups is 2. The smallest absolute Gasteiger partial charge is 0.279 e. The van der Waals surface area contributed by atoms with Gasteiger partial charge >= 0.3 is 0 Å². The van der Waals surface area contributed by atoms with Gasteiger partial charge in [-0.2, -0.15) is 4.68 Å². The Morgan fingerprint density at radius 2 is 2.14 bits per heavy atom. The number of fused-ring (bicyclic) bond motifs is 3. The quantitative estimate of drug-likeness (QED) is 0.666. The third kappa shape index (κ3) is 3.60. The van der Waals surface area contributed by atoms with Gasteiger partial charge in [0.1, 0.15) is 6.04 Å². The molecule has 1 aliphatic carbocycles. The normalized spacial score (nSPS) is 17.0. The van der Waals surface area contributed by atoms with E-state index in [9.17, 15) is 14.4 Å². The lowest BCUT2D eigenvalue weighted by Crippen LogP contribution is -2.34. The third-order valence-electron chi connectivity index (χ3n) is 5.43. The van der Waals surface area contributed by atoms with E-state index in [1.165, 1.54) is 23.1 Å². The van der Waals surface area contributed by atoms with Gasteiger partial charge < -0.3 is 5.32 Å². The van der Waals surface area contributed by atoms with Gasteiger partial charge in [-0.3, -0.25) is 14.4 Å². The molecule has 3 aromatic rings. The Hall–Kier alpha value is -2.87. The SMILES string of the molecule is CC(=O)c1cccc(NC(=O)C(C)n2nnc3sc4c(c3c2=O)CCC(C)C4)c1. The fourth-order valence-electron chi connectivity index (χ4n) is 3.70. The van der Waals surface area contributed by atoms with E-state index in [1.54, 1.807) is 31.2 Å². The number of ketones is 1. The highest BCUT2D eigenvalue weighted by Gasteiger charge is 2.26. The molecule has 2 aromatic heterocycles. The first kappa shape index (κ1) is 19.4. The van der Waals surface area contributed by atoms with Crippen molar-refractivity contribution in [2.24, 2.45) is 5.92 Å². The van der Waals surface area contributed by atoms with Crippen LogP contribution in [0.4, 0.5) is 5.69 Å². The lowest BCUT2D eigenvalue weighted by Gasteiger charge is -2.17. The number of aryl methyl sites for hydroxylation is 1. The molecule has 2 atom stereocenters. The zero-order chi connectivity index (χ0) is 20.7. The summed E-state index contributed by atoms with van der Waals surface area (Å²) in [5, 5.41) is 11.6. The van der Waals surface area contributed by atoms with Crippen LogP contribution in [0.25, 0.3) is 10.2 Å². The summed E-state index contributed by atoms with van der Waals surface area (Å²) in [5.74, 6) is 0.124. The monoisotopic (exact) mass is 410 g/mol. The molecule has 0 saturated heterocycles. The summed E-state index contributed by atoms with van der Waals surface area (Å²) in [6.07, 6.45) is 2.86. The number of nitrogens with one attached hydrogen (secondary N) is 1. The molecule has 1 N–H and O–H groups in total. The van der Waals surface area contributed by atoms with Crippen molar-refractivity contribution < 1.29 is 9.59 Å². The summed E-state index contributed by atoms with van der Waals surface area (Å²) in [7, 11) is 0. The van der Waals surface area contributed by atoms with Gasteiger partial charge in [0.25, 0.3) is 5.56 Å². The fourth-order valence-corrected chi connectivity index (χ4v) is 5.02. The standard InChI is InChI=1S/C21H22N4O3S/c1-11-7-8-16-17(9-11)29-20-18(16)21(28)25(24-23-20)12(2)19(27)22-15-6-4-5-14(10-15)13(3)26/h4-6,10-12H,7-9H2,1-3H3,(H,22,27). The van der Waals surface area contributed by atoms with Crippen molar-refractivity contribution in [3.63, 3.8) is 0 Å². The molecule has 0 bridgehead atoms. The Morgan fingerprint density at radius 3 is 2.90 bits per heavy atom. The maximum absolute atomic E-state index is 13.1. The Labute approximate surface area is 171 Å². The summed E-state index contributed by atoms with van der Waals surface area (Å²) in [4.78, 5) is 39.3. The molecular formula is C21H22N4O3S. The van der Waals surface area contributed by atoms with E-state index < -0.39 is 6.04 Å². The van der Waals surface area contributed by atoms with Gasteiger partial charge in [0.05, 0.1) is 5.39 Å². The first-order chi connectivity index (χ1) is 13.8. The molecule has 2 heterocycles. The van der Waals surface area contributed by atoms with Crippen molar-refractivity contribution >= 4 is 38.9 Å². The van der Waals surface area contributed by atoms with Crippen LogP contribution in [0.5, 0.6) is 0 Å². The molecular weight excluding hydrogens is 388 g/mol. The highest BCUT2D eigenvalue weighted by Crippen LogP contribution is 2.35. The number of Topliss-reactive ketones (excluding diaryl/α,β-unsaturated/α-hetero) is 1. The summed E-state index contributed by atoms with van der Waals surface area (Å²) >= 11 is 1.53. The zero-order valence-corrected chi connectivity index (χ0v) is 17.4. The van der Waals surface area contributed by atoms with E-state index in [-0.39, 0.29) is 17.2 Å². The molecule has 1 amide bonds. The van der Waals surface area contributed by atoms with Crippen LogP contribution in [0.15, 0.2) is 29.1 Å². The van der Waals surface area contributed by atoms with E-state index >= 15 is 0 Å². The average Bonchev–Trinajstić information content (AvgIpc) is 3.06. The molecule has 29 heavy (non-hydrogen) atoms. The largest absolute Gasteiger partial charge is 0.324 e. The minimum atomic E-state index is -0.835. The van der Waals surface area contributed by atoms with Gasteiger partial charge in [-0.15, -0.1) is 16.4 Å². The van der Waals surface area contributed by atoms with Crippen molar-refractivity contribution in [2.45, 2.75) is 46.1 Å². The predicted octanol–water partition coefficient (Wildman–Crippen LogP) is 3.38. The maximum atomic E-state index is 13.1. The molecule has 8 heteroatoms. The summed E-state index contributed by atoms with van der Waals surface area (Å²) < 4.78 is 1.15. The average molecular weight is 410 g/mol. The number of hydrogen-bond acceptors (Lipinski definition) is 6. The first-order valence-electron chi connectivity index (χ1n) is 9.66. The molecule has 0 fully saturated rings. The van der Waals surface area contributed by atoms with E-state index in [1.807, 2.05) is 0 Å². The Bertz CT molecular complexity index is 1180. The second kappa shape index (κ2) is 7.51. The van der Waals surface area contributed by atoms with Crippen LogP contribution in [0.2, 0.25) is 0 Å². The number of carbonyl (C=O) groups excluding carboxylic acids is 2. The maximum Gasteiger partial charge on any atom is 0.279 e. The molecule has 0 spiro atoms. The number of thiophene rings is 1. The van der Waals surface area contributed by atoms with Crippen LogP contribution in [-0.4, -0.2) is 26.7 Å². The van der Waals surface area contributed by atoms with Crippen molar-refractivity contribution in [3.05, 3.63) is 50.6 Å². The Balaban J connectivity index is 1.65. The van der Waals surface area contributed by atoms with Crippen LogP contribution >= 0.6 is 11.3 Å². The predicted molar refractivity (Wildman–Crippen MR) is 113 cm³/mol. The van der Waals surface area contributed by atoms with E-state index in [0.717, 1.165) is 29.5 Å². The number of rotatable bonds is 4. The van der Waals surface area contributed by atoms with Crippen molar-refractivity contribution in [3.8, 4) is 0 Å². The summed E-state index contributed by atoms with van der Waals surface area (Å²) in [6.45, 7) is 5.30. The highest BCUT2D eigenvalue weighted by atomic mass is 32.1. The van der Waals surface area contributed by atoms with Crippen molar-refractivity contribution in [1.82, 2.24) is 15.0 Å². The van der Waals surface area contributed by atoms with Crippen molar-refractivity contribution in [1.29, 1.82) is 0 Å². The molecule has 1 aliphatic rings. The molecule has 0 aliphatic heterocycles. The topological polar surface area (TPSA) is 93.9 Å². The zero-order valence-electron chi connectivity index (χ0n) is 16.6. The van der Waals surface area contributed by atoms with Gasteiger partial charge in [-0.25, -0.2) is 0 Å². The highest BCUT2D eigenvalue weighted by molar-refractivity contribution is 7.18. The minimum Gasteiger partial charge on any atom is -0.324 e. The second-order valence-corrected chi connectivity index (χ2v) is 8.76. The first-order valence-corrected chi connectivity index (χ1v) is 10.5. The summed E-state index contributed by atoms with van der Waals surface area (Å²) in [6, 6.07) is 5.87. The number of benzene rings is 1. The number of nitrogens with zero attached hydrogens (tertiary/aromatic N) is 3. The molecule has 7 nitrogen and oxygen atoms in total. The minimum absolute atomic E-state index is 0.0850. The van der Waals surface area contributed by atoms with Crippen LogP contribution in [0.3, 0.4) is 0 Å². The lowest BCUT2D eigenvalue weighted by molar-refractivity contribution is -0.119. The lowest BCUT2D eigenvalue weighted by atomic mass is 9.89. The number of hydrogen-bond donors (Lipinski definition) is 1. The molecule has 0 saturated carbocycles. The fraction of sp³-hybridized carbons (Fsp3) is 0.381. The van der Waals surface area contributed by atoms with Crippen molar-refractivity contribution in [2.75, 3.05) is 5.32 Å². The molecule has 2 unspecified atom stereocenters. The van der Waals surface area contributed by atoms with Crippen LogP contribution < -0.4 is 10.9 Å². The van der Waals surface area contributed by atoms with Gasteiger partial charge in [-0.1, -0.05) is 24.3 Å². The van der Waals surface area contributed by atoms with Gasteiger partial charge in [0.15, 0.2) is 10.6 Å². The van der Waals surface area contributed by atoms with E-state index in [4.69, 9.17) is 0 Å². The van der Waals surface area contributed by atoms with E-state index in [2.05, 4.69) is 22.6 Å². The number of amides is 1. The van der Waals surface area contributed by atoms with Crippen LogP contribution in [0.1, 0.15) is 54.0 Å². The Kier molecular flexibility index (Phi) is 5.04. The molecule has 1 aromatic carbocycles. The van der Waals surface area contributed by atoms with E-state index in [0.29, 0.717) is 27.4 Å². The van der Waals surface area contributed by atoms with Gasteiger partial charge in [0.2, 0.25) is 5.91 Å². The third-order valence-corrected chi connectivity index (χ3v) is 6.57.